The third kappa shape index (κ3) is 5.29. The van der Waals surface area contributed by atoms with Crippen LogP contribution in [0.3, 0.4) is 0 Å². The number of phenolic OH excluding ortho intramolecular Hbond substituents is 1. The van der Waals surface area contributed by atoms with Gasteiger partial charge < -0.3 is 19.9 Å². The Kier molecular flexibility index (Phi) is 6.38. The summed E-state index contributed by atoms with van der Waals surface area (Å²) in [6, 6.07) is 5.00. The van der Waals surface area contributed by atoms with E-state index in [9.17, 15) is 13.9 Å². The molecule has 1 rings (SSSR count). The number of nitrogens with one attached hydrogen (secondary N) is 1. The van der Waals surface area contributed by atoms with Gasteiger partial charge in [-0.25, -0.2) is 8.78 Å². The van der Waals surface area contributed by atoms with E-state index in [2.05, 4.69) is 5.32 Å². The zero-order valence-corrected chi connectivity index (χ0v) is 10.2. The van der Waals surface area contributed by atoms with Crippen molar-refractivity contribution in [1.82, 2.24) is 5.32 Å². The highest BCUT2D eigenvalue weighted by Gasteiger charge is 2.03. The zero-order chi connectivity index (χ0) is 13.4. The van der Waals surface area contributed by atoms with Gasteiger partial charge in [0.25, 0.3) is 6.43 Å². The smallest absolute Gasteiger partial charge is 0.261 e. The quantitative estimate of drug-likeness (QED) is 0.700. The average molecular weight is 261 g/mol. The van der Waals surface area contributed by atoms with Crippen LogP contribution in [-0.2, 0) is 11.3 Å². The maximum atomic E-state index is 11.7. The van der Waals surface area contributed by atoms with Crippen molar-refractivity contribution in [2.24, 2.45) is 0 Å². The molecule has 2 N–H and O–H groups in total. The molecule has 1 aromatic carbocycles. The van der Waals surface area contributed by atoms with Gasteiger partial charge in [-0.2, -0.15) is 0 Å². The van der Waals surface area contributed by atoms with Gasteiger partial charge in [-0.15, -0.1) is 0 Å². The van der Waals surface area contributed by atoms with Gasteiger partial charge in [0, 0.05) is 24.7 Å². The predicted octanol–water partition coefficient (Wildman–Crippen LogP) is 1.77. The molecule has 0 aliphatic heterocycles. The number of benzene rings is 1. The number of hydrogen-bond acceptors (Lipinski definition) is 4. The highest BCUT2D eigenvalue weighted by molar-refractivity contribution is 5.39. The molecule has 1 aromatic rings. The minimum atomic E-state index is -2.43. The van der Waals surface area contributed by atoms with E-state index in [0.717, 1.165) is 0 Å². The third-order valence-electron chi connectivity index (χ3n) is 2.27. The van der Waals surface area contributed by atoms with Crippen LogP contribution in [0.15, 0.2) is 18.2 Å². The fraction of sp³-hybridized carbons (Fsp3) is 0.500. The van der Waals surface area contributed by atoms with Crippen LogP contribution in [0.1, 0.15) is 5.56 Å². The lowest BCUT2D eigenvalue weighted by atomic mass is 10.2. The molecule has 0 aliphatic rings. The van der Waals surface area contributed by atoms with Crippen molar-refractivity contribution in [3.05, 3.63) is 23.8 Å². The number of rotatable bonds is 8. The zero-order valence-electron chi connectivity index (χ0n) is 10.2. The topological polar surface area (TPSA) is 50.7 Å². The first kappa shape index (κ1) is 14.7. The summed E-state index contributed by atoms with van der Waals surface area (Å²) in [6.07, 6.45) is -2.43. The Hall–Kier alpha value is -1.40. The Morgan fingerprint density at radius 3 is 2.78 bits per heavy atom. The van der Waals surface area contributed by atoms with E-state index in [1.165, 1.54) is 13.2 Å². The van der Waals surface area contributed by atoms with E-state index in [0.29, 0.717) is 24.4 Å². The first-order chi connectivity index (χ1) is 8.63. The molecule has 4 nitrogen and oxygen atoms in total. The second kappa shape index (κ2) is 7.84. The molecule has 0 fully saturated rings. The summed E-state index contributed by atoms with van der Waals surface area (Å²) in [5.41, 5.74) is 0.713. The van der Waals surface area contributed by atoms with Crippen molar-refractivity contribution in [2.75, 3.05) is 26.9 Å². The minimum absolute atomic E-state index is 0.135. The van der Waals surface area contributed by atoms with Crippen LogP contribution in [0.25, 0.3) is 0 Å². The Morgan fingerprint density at radius 1 is 1.39 bits per heavy atom. The summed E-state index contributed by atoms with van der Waals surface area (Å²) in [7, 11) is 1.52. The van der Waals surface area contributed by atoms with E-state index in [4.69, 9.17) is 9.47 Å². The van der Waals surface area contributed by atoms with Crippen molar-refractivity contribution in [1.29, 1.82) is 0 Å². The number of alkyl halides is 2. The molecule has 0 atom stereocenters. The first-order valence-electron chi connectivity index (χ1n) is 5.56. The highest BCUT2D eigenvalue weighted by Crippen LogP contribution is 2.22. The van der Waals surface area contributed by atoms with Gasteiger partial charge in [0.15, 0.2) is 0 Å². The minimum Gasteiger partial charge on any atom is -0.507 e. The monoisotopic (exact) mass is 261 g/mol. The number of aromatic hydroxyl groups is 1. The molecule has 0 amide bonds. The SMILES string of the molecule is COc1ccc(CNCCOCC(F)F)c(O)c1. The molecule has 18 heavy (non-hydrogen) atoms. The Labute approximate surface area is 105 Å². The third-order valence-corrected chi connectivity index (χ3v) is 2.27. The normalized spacial score (nSPS) is 10.9. The van der Waals surface area contributed by atoms with Gasteiger partial charge in [0.1, 0.15) is 18.1 Å². The summed E-state index contributed by atoms with van der Waals surface area (Å²) in [5, 5.41) is 12.6. The van der Waals surface area contributed by atoms with Crippen LogP contribution >= 0.6 is 0 Å². The lowest BCUT2D eigenvalue weighted by molar-refractivity contribution is 0.0187. The van der Waals surface area contributed by atoms with Crippen molar-refractivity contribution < 1.29 is 23.4 Å². The molecule has 102 valence electrons. The maximum absolute atomic E-state index is 11.7. The largest absolute Gasteiger partial charge is 0.507 e. The summed E-state index contributed by atoms with van der Waals surface area (Å²) in [5.74, 6) is 0.715. The standard InChI is InChI=1S/C12H17F2NO3/c1-17-10-3-2-9(11(16)6-10)7-15-4-5-18-8-12(13)14/h2-3,6,12,15-16H,4-5,7-8H2,1H3. The molecule has 0 saturated carbocycles. The predicted molar refractivity (Wildman–Crippen MR) is 63.2 cm³/mol. The molecule has 0 radical (unpaired) electrons. The summed E-state index contributed by atoms with van der Waals surface area (Å²) < 4.78 is 33.1. The van der Waals surface area contributed by atoms with Crippen LogP contribution in [0.2, 0.25) is 0 Å². The molecule has 0 spiro atoms. The van der Waals surface area contributed by atoms with Gasteiger partial charge in [0.2, 0.25) is 0 Å². The second-order valence-electron chi connectivity index (χ2n) is 3.64. The first-order valence-corrected chi connectivity index (χ1v) is 5.56. The van der Waals surface area contributed by atoms with Crippen molar-refractivity contribution in [2.45, 2.75) is 13.0 Å². The Bertz CT molecular complexity index is 361. The number of ether oxygens (including phenoxy) is 2. The Balaban J connectivity index is 2.23. The maximum Gasteiger partial charge on any atom is 0.261 e. The lowest BCUT2D eigenvalue weighted by Gasteiger charge is -2.08. The highest BCUT2D eigenvalue weighted by atomic mass is 19.3. The van der Waals surface area contributed by atoms with E-state index in [1.54, 1.807) is 12.1 Å². The van der Waals surface area contributed by atoms with Crippen LogP contribution in [-0.4, -0.2) is 38.4 Å². The number of hydrogen-bond donors (Lipinski definition) is 2. The number of halogens is 2. The fourth-order valence-corrected chi connectivity index (χ4v) is 1.36. The van der Waals surface area contributed by atoms with E-state index in [1.807, 2.05) is 0 Å². The Morgan fingerprint density at radius 2 is 2.17 bits per heavy atom. The molecular weight excluding hydrogens is 244 g/mol. The molecule has 6 heteroatoms. The van der Waals surface area contributed by atoms with Gasteiger partial charge in [-0.1, -0.05) is 6.07 Å². The molecule has 0 aromatic heterocycles. The van der Waals surface area contributed by atoms with Crippen molar-refractivity contribution >= 4 is 0 Å². The van der Waals surface area contributed by atoms with E-state index in [-0.39, 0.29) is 12.4 Å². The van der Waals surface area contributed by atoms with Gasteiger partial charge in [0.05, 0.1) is 13.7 Å². The van der Waals surface area contributed by atoms with Crippen LogP contribution in [0.5, 0.6) is 11.5 Å². The summed E-state index contributed by atoms with van der Waals surface area (Å²) >= 11 is 0. The number of phenols is 1. The summed E-state index contributed by atoms with van der Waals surface area (Å²) in [4.78, 5) is 0. The average Bonchev–Trinajstić information content (AvgIpc) is 2.34. The van der Waals surface area contributed by atoms with Crippen LogP contribution in [0.4, 0.5) is 8.78 Å². The molecule has 0 unspecified atom stereocenters. The van der Waals surface area contributed by atoms with Crippen molar-refractivity contribution in [3.8, 4) is 11.5 Å². The van der Waals surface area contributed by atoms with Gasteiger partial charge in [-0.3, -0.25) is 0 Å². The second-order valence-corrected chi connectivity index (χ2v) is 3.64. The van der Waals surface area contributed by atoms with Gasteiger partial charge in [-0.05, 0) is 6.07 Å². The lowest BCUT2D eigenvalue weighted by Crippen LogP contribution is -2.20. The molecule has 0 heterocycles. The van der Waals surface area contributed by atoms with Crippen LogP contribution in [0, 0.1) is 0 Å². The fourth-order valence-electron chi connectivity index (χ4n) is 1.36. The van der Waals surface area contributed by atoms with E-state index < -0.39 is 13.0 Å². The molecule has 0 bridgehead atoms. The summed E-state index contributed by atoms with van der Waals surface area (Å²) in [6.45, 7) is 0.544. The van der Waals surface area contributed by atoms with Gasteiger partial charge >= 0.3 is 0 Å². The molecular formula is C12H17F2NO3. The van der Waals surface area contributed by atoms with Crippen molar-refractivity contribution in [3.63, 3.8) is 0 Å². The molecule has 0 aliphatic carbocycles. The van der Waals surface area contributed by atoms with E-state index >= 15 is 0 Å². The molecule has 0 saturated heterocycles. The number of methoxy groups -OCH3 is 1. The van der Waals surface area contributed by atoms with Crippen LogP contribution < -0.4 is 10.1 Å².